The summed E-state index contributed by atoms with van der Waals surface area (Å²) < 4.78 is 0. The average Bonchev–Trinajstić information content (AvgIpc) is 3.24. The van der Waals surface area contributed by atoms with E-state index >= 15 is 0 Å². The molecule has 3 aliphatic rings. The number of pyridine rings is 1. The Morgan fingerprint density at radius 3 is 2.85 bits per heavy atom. The minimum absolute atomic E-state index is 0.0409. The molecule has 0 aromatic carbocycles. The van der Waals surface area contributed by atoms with Gasteiger partial charge in [-0.1, -0.05) is 0 Å². The zero-order chi connectivity index (χ0) is 13.5. The van der Waals surface area contributed by atoms with E-state index in [1.165, 1.54) is 12.8 Å². The number of anilines is 1. The number of fused-ring (bicyclic) bond motifs is 1. The molecule has 0 spiro atoms. The highest BCUT2D eigenvalue weighted by Crippen LogP contribution is 2.31. The lowest BCUT2D eigenvalue weighted by molar-refractivity contribution is 0.0946. The van der Waals surface area contributed by atoms with Gasteiger partial charge in [0.15, 0.2) is 0 Å². The van der Waals surface area contributed by atoms with E-state index in [1.807, 2.05) is 18.3 Å². The van der Waals surface area contributed by atoms with Gasteiger partial charge in [0.05, 0.1) is 11.9 Å². The molecule has 3 fully saturated rings. The molecule has 0 radical (unpaired) electrons. The molecule has 1 aromatic rings. The van der Waals surface area contributed by atoms with Gasteiger partial charge in [0.2, 0.25) is 0 Å². The number of nitrogens with one attached hydrogen (secondary N) is 2. The van der Waals surface area contributed by atoms with E-state index in [0.29, 0.717) is 23.8 Å². The van der Waals surface area contributed by atoms with Crippen molar-refractivity contribution in [1.29, 1.82) is 0 Å². The minimum Gasteiger partial charge on any atom is -0.364 e. The molecule has 0 unspecified atom stereocenters. The van der Waals surface area contributed by atoms with Gasteiger partial charge >= 0.3 is 0 Å². The van der Waals surface area contributed by atoms with E-state index in [-0.39, 0.29) is 5.91 Å². The normalized spacial score (nSPS) is 28.5. The fourth-order valence-electron chi connectivity index (χ4n) is 3.13. The number of hydrogen-bond acceptors (Lipinski definition) is 4. The predicted octanol–water partition coefficient (Wildman–Crippen LogP) is 0.914. The smallest absolute Gasteiger partial charge is 0.270 e. The van der Waals surface area contributed by atoms with E-state index in [0.717, 1.165) is 31.6 Å². The van der Waals surface area contributed by atoms with Crippen molar-refractivity contribution in [3.05, 3.63) is 24.0 Å². The molecule has 5 nitrogen and oxygen atoms in total. The fourth-order valence-corrected chi connectivity index (χ4v) is 3.13. The van der Waals surface area contributed by atoms with Crippen LogP contribution in [0, 0.1) is 0 Å². The van der Waals surface area contributed by atoms with Gasteiger partial charge in [-0.15, -0.1) is 0 Å². The first-order chi connectivity index (χ1) is 9.81. The summed E-state index contributed by atoms with van der Waals surface area (Å²) in [5.74, 6) is -0.0409. The van der Waals surface area contributed by atoms with E-state index in [4.69, 9.17) is 0 Å². The summed E-state index contributed by atoms with van der Waals surface area (Å²) in [6, 6.07) is 5.52. The van der Waals surface area contributed by atoms with Crippen LogP contribution < -0.4 is 15.5 Å². The molecular formula is C15H20N4O. The Morgan fingerprint density at radius 2 is 2.20 bits per heavy atom. The maximum atomic E-state index is 11.9. The largest absolute Gasteiger partial charge is 0.364 e. The topological polar surface area (TPSA) is 57.3 Å². The van der Waals surface area contributed by atoms with Crippen LogP contribution >= 0.6 is 0 Å². The summed E-state index contributed by atoms with van der Waals surface area (Å²) in [5, 5.41) is 6.52. The zero-order valence-electron chi connectivity index (χ0n) is 11.5. The summed E-state index contributed by atoms with van der Waals surface area (Å²) in [5.41, 5.74) is 1.67. The standard InChI is InChI=1S/C15H20N4O/c20-15(18-10-1-2-10)13-4-3-11(9-17-13)19-8-7-16-12-5-6-14(12)19/h3-4,9-10,12,14,16H,1-2,5-8H2,(H,18,20)/t12-,14+/m0/s1. The molecule has 1 amide bonds. The van der Waals surface area contributed by atoms with E-state index in [9.17, 15) is 4.79 Å². The lowest BCUT2D eigenvalue weighted by atomic mass is 9.83. The predicted molar refractivity (Wildman–Crippen MR) is 76.9 cm³/mol. The van der Waals surface area contributed by atoms with Crippen LogP contribution in [0.3, 0.4) is 0 Å². The third kappa shape index (κ3) is 2.16. The Balaban J connectivity index is 1.47. The SMILES string of the molecule is O=C(NC1CC1)c1ccc(N2CCN[C@H]3CC[C@H]32)cn1. The third-order valence-electron chi connectivity index (χ3n) is 4.62. The summed E-state index contributed by atoms with van der Waals surface area (Å²) in [7, 11) is 0. The number of amides is 1. The highest BCUT2D eigenvalue weighted by Gasteiger charge is 2.38. The number of aromatic nitrogens is 1. The first-order valence-electron chi connectivity index (χ1n) is 7.58. The van der Waals surface area contributed by atoms with Crippen molar-refractivity contribution in [2.45, 2.75) is 43.8 Å². The van der Waals surface area contributed by atoms with Crippen LogP contribution in [-0.4, -0.2) is 42.1 Å². The van der Waals surface area contributed by atoms with Gasteiger partial charge in [0.25, 0.3) is 5.91 Å². The molecule has 1 aromatic heterocycles. The molecule has 106 valence electrons. The summed E-state index contributed by atoms with van der Waals surface area (Å²) in [6.07, 6.45) is 6.59. The van der Waals surface area contributed by atoms with Crippen LogP contribution in [0.1, 0.15) is 36.2 Å². The van der Waals surface area contributed by atoms with Crippen molar-refractivity contribution in [3.63, 3.8) is 0 Å². The number of carbonyl (C=O) groups is 1. The Hall–Kier alpha value is -1.62. The number of piperazine rings is 1. The van der Waals surface area contributed by atoms with Crippen molar-refractivity contribution in [3.8, 4) is 0 Å². The third-order valence-corrected chi connectivity index (χ3v) is 4.62. The lowest BCUT2D eigenvalue weighted by Crippen LogP contribution is -2.63. The summed E-state index contributed by atoms with van der Waals surface area (Å²) >= 11 is 0. The zero-order valence-corrected chi connectivity index (χ0v) is 11.5. The minimum atomic E-state index is -0.0409. The first-order valence-corrected chi connectivity index (χ1v) is 7.58. The van der Waals surface area contributed by atoms with Crippen LogP contribution in [0.5, 0.6) is 0 Å². The number of hydrogen-bond donors (Lipinski definition) is 2. The molecule has 4 rings (SSSR count). The van der Waals surface area contributed by atoms with Crippen molar-refractivity contribution < 1.29 is 4.79 Å². The molecule has 20 heavy (non-hydrogen) atoms. The quantitative estimate of drug-likeness (QED) is 0.859. The van der Waals surface area contributed by atoms with E-state index in [1.54, 1.807) is 0 Å². The molecule has 2 heterocycles. The van der Waals surface area contributed by atoms with Gasteiger partial charge in [0, 0.05) is 31.2 Å². The lowest BCUT2D eigenvalue weighted by Gasteiger charge is -2.49. The highest BCUT2D eigenvalue weighted by molar-refractivity contribution is 5.92. The maximum Gasteiger partial charge on any atom is 0.270 e. The second-order valence-electron chi connectivity index (χ2n) is 6.05. The van der Waals surface area contributed by atoms with Gasteiger partial charge in [-0.25, -0.2) is 4.98 Å². The molecule has 2 aliphatic carbocycles. The number of nitrogens with zero attached hydrogens (tertiary/aromatic N) is 2. The Labute approximate surface area is 118 Å². The summed E-state index contributed by atoms with van der Waals surface area (Å²) in [4.78, 5) is 18.7. The Morgan fingerprint density at radius 1 is 1.30 bits per heavy atom. The summed E-state index contributed by atoms with van der Waals surface area (Å²) in [6.45, 7) is 2.06. The monoisotopic (exact) mass is 272 g/mol. The van der Waals surface area contributed by atoms with Crippen LogP contribution in [-0.2, 0) is 0 Å². The van der Waals surface area contributed by atoms with Gasteiger partial charge in [-0.05, 0) is 37.8 Å². The molecule has 2 N–H and O–H groups in total. The van der Waals surface area contributed by atoms with Gasteiger partial charge in [0.1, 0.15) is 5.69 Å². The van der Waals surface area contributed by atoms with Gasteiger partial charge in [-0.2, -0.15) is 0 Å². The molecule has 2 saturated carbocycles. The molecular weight excluding hydrogens is 252 g/mol. The molecule has 1 saturated heterocycles. The fraction of sp³-hybridized carbons (Fsp3) is 0.600. The molecule has 5 heteroatoms. The number of carbonyl (C=O) groups excluding carboxylic acids is 1. The van der Waals surface area contributed by atoms with Gasteiger partial charge < -0.3 is 15.5 Å². The molecule has 2 atom stereocenters. The second kappa shape index (κ2) is 4.74. The number of rotatable bonds is 3. The molecule has 0 bridgehead atoms. The van der Waals surface area contributed by atoms with Crippen molar-refractivity contribution in [2.75, 3.05) is 18.0 Å². The van der Waals surface area contributed by atoms with E-state index in [2.05, 4.69) is 20.5 Å². The second-order valence-corrected chi connectivity index (χ2v) is 6.05. The maximum absolute atomic E-state index is 11.9. The van der Waals surface area contributed by atoms with E-state index < -0.39 is 0 Å². The van der Waals surface area contributed by atoms with Crippen LogP contribution in [0.4, 0.5) is 5.69 Å². The van der Waals surface area contributed by atoms with Crippen molar-refractivity contribution in [2.24, 2.45) is 0 Å². The van der Waals surface area contributed by atoms with Crippen LogP contribution in [0.25, 0.3) is 0 Å². The van der Waals surface area contributed by atoms with Gasteiger partial charge in [-0.3, -0.25) is 4.79 Å². The Kier molecular flexibility index (Phi) is 2.88. The van der Waals surface area contributed by atoms with Crippen molar-refractivity contribution >= 4 is 11.6 Å². The highest BCUT2D eigenvalue weighted by atomic mass is 16.2. The first kappa shape index (κ1) is 12.1. The average molecular weight is 272 g/mol. The van der Waals surface area contributed by atoms with Crippen molar-refractivity contribution in [1.82, 2.24) is 15.6 Å². The van der Waals surface area contributed by atoms with Crippen LogP contribution in [0.15, 0.2) is 18.3 Å². The molecule has 1 aliphatic heterocycles. The van der Waals surface area contributed by atoms with Crippen LogP contribution in [0.2, 0.25) is 0 Å². The Bertz CT molecular complexity index is 511.